The van der Waals surface area contributed by atoms with Gasteiger partial charge in [-0.15, -0.1) is 0 Å². The van der Waals surface area contributed by atoms with Gasteiger partial charge in [0.1, 0.15) is 0 Å². The topological polar surface area (TPSA) is 0 Å². The minimum absolute atomic E-state index is 0.399. The second-order valence-electron chi connectivity index (χ2n) is 6.46. The zero-order valence-corrected chi connectivity index (χ0v) is 12.9. The van der Waals surface area contributed by atoms with Gasteiger partial charge in [-0.2, -0.15) is 0 Å². The minimum atomic E-state index is 0.399. The molecule has 0 aliphatic carbocycles. The second kappa shape index (κ2) is 6.08. The molecule has 0 atom stereocenters. The number of halogens is 1. The molecule has 0 N–H and O–H groups in total. The Kier molecular flexibility index (Phi) is 6.17. The zero-order valence-electron chi connectivity index (χ0n) is 11.3. The molecule has 0 unspecified atom stereocenters. The van der Waals surface area contributed by atoms with Crippen LogP contribution in [0.5, 0.6) is 0 Å². The highest BCUT2D eigenvalue weighted by molar-refractivity contribution is 9.09. The summed E-state index contributed by atoms with van der Waals surface area (Å²) in [7, 11) is 0. The van der Waals surface area contributed by atoms with Crippen molar-refractivity contribution in [2.24, 2.45) is 10.8 Å². The molecule has 0 aliphatic rings. The van der Waals surface area contributed by atoms with E-state index in [4.69, 9.17) is 0 Å². The van der Waals surface area contributed by atoms with E-state index in [0.717, 1.165) is 5.33 Å². The van der Waals surface area contributed by atoms with Crippen LogP contribution in [0.2, 0.25) is 0 Å². The van der Waals surface area contributed by atoms with Crippen molar-refractivity contribution in [2.45, 2.75) is 60.8 Å². The maximum absolute atomic E-state index is 3.59. The fraction of sp³-hybridized carbons (Fsp3) is 0.857. The Morgan fingerprint density at radius 1 is 1.13 bits per heavy atom. The van der Waals surface area contributed by atoms with Gasteiger partial charge in [0, 0.05) is 5.33 Å². The van der Waals surface area contributed by atoms with Gasteiger partial charge in [-0.25, -0.2) is 0 Å². The van der Waals surface area contributed by atoms with Crippen molar-refractivity contribution in [3.8, 4) is 0 Å². The molecule has 0 aromatic heterocycles. The van der Waals surface area contributed by atoms with Crippen LogP contribution in [0.15, 0.2) is 11.6 Å². The molecule has 0 aromatic rings. The van der Waals surface area contributed by atoms with E-state index in [9.17, 15) is 0 Å². The highest BCUT2D eigenvalue weighted by atomic mass is 79.9. The van der Waals surface area contributed by atoms with E-state index in [0.29, 0.717) is 10.8 Å². The molecule has 0 rings (SSSR count). The number of hydrogen-bond acceptors (Lipinski definition) is 0. The third-order valence-corrected chi connectivity index (χ3v) is 3.55. The molecule has 0 saturated carbocycles. The summed E-state index contributed by atoms with van der Waals surface area (Å²) < 4.78 is 0. The van der Waals surface area contributed by atoms with Gasteiger partial charge in [-0.3, -0.25) is 0 Å². The maximum atomic E-state index is 3.59. The first kappa shape index (κ1) is 15.2. The Labute approximate surface area is 105 Å². The average molecular weight is 275 g/mol. The molecule has 15 heavy (non-hydrogen) atoms. The van der Waals surface area contributed by atoms with Gasteiger partial charge in [0.25, 0.3) is 0 Å². The molecule has 0 radical (unpaired) electrons. The van der Waals surface area contributed by atoms with Gasteiger partial charge < -0.3 is 0 Å². The molecule has 0 aromatic carbocycles. The Morgan fingerprint density at radius 2 is 1.67 bits per heavy atom. The fourth-order valence-corrected chi connectivity index (χ4v) is 1.85. The summed E-state index contributed by atoms with van der Waals surface area (Å²) in [5.74, 6) is 0. The monoisotopic (exact) mass is 274 g/mol. The van der Waals surface area contributed by atoms with Gasteiger partial charge in [-0.05, 0) is 23.7 Å². The van der Waals surface area contributed by atoms with E-state index in [-0.39, 0.29) is 0 Å². The summed E-state index contributed by atoms with van der Waals surface area (Å²) in [5.41, 5.74) is 2.39. The van der Waals surface area contributed by atoms with Crippen LogP contribution in [0.25, 0.3) is 0 Å². The smallest absolute Gasteiger partial charge is 0.0242 e. The summed E-state index contributed by atoms with van der Waals surface area (Å²) >= 11 is 3.59. The van der Waals surface area contributed by atoms with Crippen LogP contribution in [0.1, 0.15) is 60.8 Å². The lowest BCUT2D eigenvalue weighted by Crippen LogP contribution is -2.10. The molecular formula is C14H27Br. The Bertz CT molecular complexity index is 206. The van der Waals surface area contributed by atoms with Gasteiger partial charge in [0.05, 0.1) is 0 Å². The molecular weight excluding hydrogens is 248 g/mol. The highest BCUT2D eigenvalue weighted by Crippen LogP contribution is 2.29. The van der Waals surface area contributed by atoms with Gasteiger partial charge in [-0.1, -0.05) is 75.5 Å². The quantitative estimate of drug-likeness (QED) is 0.454. The Morgan fingerprint density at radius 3 is 2.00 bits per heavy atom. The highest BCUT2D eigenvalue weighted by Gasteiger charge is 2.16. The van der Waals surface area contributed by atoms with Crippen molar-refractivity contribution >= 4 is 15.9 Å². The maximum Gasteiger partial charge on any atom is 0.0242 e. The van der Waals surface area contributed by atoms with E-state index in [2.05, 4.69) is 63.5 Å². The van der Waals surface area contributed by atoms with Gasteiger partial charge >= 0.3 is 0 Å². The second-order valence-corrected chi connectivity index (χ2v) is 7.02. The molecule has 0 bridgehead atoms. The molecule has 0 nitrogen and oxygen atoms in total. The standard InChI is InChI=1S/C14H27Br/c1-7-14(5,6)9-8-12(11-15)10-13(2,3)4/h8H,7,9-11H2,1-6H3/b12-8-. The van der Waals surface area contributed by atoms with Crippen molar-refractivity contribution in [3.63, 3.8) is 0 Å². The van der Waals surface area contributed by atoms with Crippen LogP contribution in [-0.4, -0.2) is 5.33 Å². The first-order valence-electron chi connectivity index (χ1n) is 5.94. The fourth-order valence-electron chi connectivity index (χ4n) is 1.42. The first-order chi connectivity index (χ1) is 6.70. The molecule has 0 spiro atoms. The van der Waals surface area contributed by atoms with Crippen LogP contribution in [0.4, 0.5) is 0 Å². The van der Waals surface area contributed by atoms with Gasteiger partial charge in [0.2, 0.25) is 0 Å². The molecule has 90 valence electrons. The molecule has 0 aliphatic heterocycles. The summed E-state index contributed by atoms with van der Waals surface area (Å²) in [5, 5.41) is 1.02. The van der Waals surface area contributed by atoms with E-state index < -0.39 is 0 Å². The zero-order chi connectivity index (χ0) is 12.1. The van der Waals surface area contributed by atoms with E-state index in [1.54, 1.807) is 5.57 Å². The van der Waals surface area contributed by atoms with Crippen molar-refractivity contribution in [2.75, 3.05) is 5.33 Å². The lowest BCUT2D eigenvalue weighted by atomic mass is 9.83. The lowest BCUT2D eigenvalue weighted by Gasteiger charge is -2.23. The largest absolute Gasteiger partial charge is 0.0880 e. The van der Waals surface area contributed by atoms with Crippen molar-refractivity contribution in [1.82, 2.24) is 0 Å². The van der Waals surface area contributed by atoms with E-state index in [1.807, 2.05) is 0 Å². The predicted molar refractivity (Wildman–Crippen MR) is 74.6 cm³/mol. The SMILES string of the molecule is CCC(C)(C)C/C=C(\CBr)CC(C)(C)C. The van der Waals surface area contributed by atoms with Crippen LogP contribution in [0, 0.1) is 10.8 Å². The minimum Gasteiger partial charge on any atom is -0.0880 e. The number of hydrogen-bond donors (Lipinski definition) is 0. The first-order valence-corrected chi connectivity index (χ1v) is 7.06. The molecule has 0 heterocycles. The van der Waals surface area contributed by atoms with Crippen LogP contribution in [0.3, 0.4) is 0 Å². The van der Waals surface area contributed by atoms with E-state index in [1.165, 1.54) is 19.3 Å². The third-order valence-electron chi connectivity index (χ3n) is 2.83. The number of alkyl halides is 1. The Hall–Kier alpha value is 0.220. The summed E-state index contributed by atoms with van der Waals surface area (Å²) in [6.45, 7) is 13.8. The molecule has 1 heteroatoms. The predicted octanol–water partition coefficient (Wildman–Crippen LogP) is 5.57. The summed E-state index contributed by atoms with van der Waals surface area (Å²) in [6, 6.07) is 0. The van der Waals surface area contributed by atoms with Crippen molar-refractivity contribution in [3.05, 3.63) is 11.6 Å². The summed E-state index contributed by atoms with van der Waals surface area (Å²) in [6.07, 6.45) is 6.07. The van der Waals surface area contributed by atoms with Crippen LogP contribution < -0.4 is 0 Å². The third kappa shape index (κ3) is 8.07. The summed E-state index contributed by atoms with van der Waals surface area (Å²) in [4.78, 5) is 0. The average Bonchev–Trinajstić information content (AvgIpc) is 2.10. The molecule has 0 fully saturated rings. The van der Waals surface area contributed by atoms with E-state index >= 15 is 0 Å². The van der Waals surface area contributed by atoms with Gasteiger partial charge in [0.15, 0.2) is 0 Å². The lowest BCUT2D eigenvalue weighted by molar-refractivity contribution is 0.353. The van der Waals surface area contributed by atoms with Crippen molar-refractivity contribution < 1.29 is 0 Å². The number of rotatable bonds is 5. The molecule has 0 saturated heterocycles. The van der Waals surface area contributed by atoms with Crippen molar-refractivity contribution in [1.29, 1.82) is 0 Å². The van der Waals surface area contributed by atoms with Crippen LogP contribution in [-0.2, 0) is 0 Å². The number of allylic oxidation sites excluding steroid dienone is 2. The molecule has 0 amide bonds. The normalized spacial score (nSPS) is 14.5. The van der Waals surface area contributed by atoms with Crippen LogP contribution >= 0.6 is 15.9 Å². The Balaban J connectivity index is 4.36.